The molecule has 0 radical (unpaired) electrons. The molecule has 0 unspecified atom stereocenters. The highest BCUT2D eigenvalue weighted by Gasteiger charge is 2.32. The minimum atomic E-state index is -4.81. The van der Waals surface area contributed by atoms with Crippen LogP contribution in [-0.4, -0.2) is 26.1 Å². The summed E-state index contributed by atoms with van der Waals surface area (Å²) in [6.45, 7) is 0. The summed E-state index contributed by atoms with van der Waals surface area (Å²) in [6.07, 6.45) is -1.70. The van der Waals surface area contributed by atoms with Gasteiger partial charge in [-0.2, -0.15) is 0 Å². The highest BCUT2D eigenvalue weighted by molar-refractivity contribution is 5.81. The van der Waals surface area contributed by atoms with Gasteiger partial charge in [-0.3, -0.25) is 4.98 Å². The van der Waals surface area contributed by atoms with Crippen molar-refractivity contribution in [2.75, 3.05) is 0 Å². The second kappa shape index (κ2) is 8.82. The first-order valence-electron chi connectivity index (χ1n) is 10.4. The summed E-state index contributed by atoms with van der Waals surface area (Å²) in [5.41, 5.74) is 4.70. The molecule has 0 N–H and O–H groups in total. The Balaban J connectivity index is 1.44. The maximum atomic E-state index is 12.7. The van der Waals surface area contributed by atoms with Crippen molar-refractivity contribution >= 4 is 0 Å². The third-order valence-electron chi connectivity index (χ3n) is 5.14. The topological polar surface area (TPSA) is 52.8 Å². The van der Waals surface area contributed by atoms with Crippen LogP contribution in [0.5, 0.6) is 5.75 Å². The molecule has 5 rings (SSSR count). The van der Waals surface area contributed by atoms with Gasteiger partial charge in [-0.25, -0.2) is 9.67 Å². The number of alkyl halides is 3. The molecule has 2 aromatic heterocycles. The van der Waals surface area contributed by atoms with E-state index in [1.165, 1.54) is 29.2 Å². The number of pyridine rings is 1. The molecule has 0 bridgehead atoms. The summed E-state index contributed by atoms with van der Waals surface area (Å²) in [5, 5.41) is 4.35. The normalized spacial score (nSPS) is 11.4. The second-order valence-electron chi connectivity index (χ2n) is 7.37. The Morgan fingerprint density at radius 3 is 2.15 bits per heavy atom. The summed E-state index contributed by atoms with van der Waals surface area (Å²) in [7, 11) is 0. The van der Waals surface area contributed by atoms with Crippen molar-refractivity contribution in [3.63, 3.8) is 0 Å². The van der Waals surface area contributed by atoms with Gasteiger partial charge in [-0.1, -0.05) is 72.8 Å². The van der Waals surface area contributed by atoms with Gasteiger partial charge in [0.05, 0.1) is 5.69 Å². The molecule has 0 saturated carbocycles. The number of benzene rings is 3. The Labute approximate surface area is 193 Å². The lowest BCUT2D eigenvalue weighted by Crippen LogP contribution is -2.18. The smallest absolute Gasteiger partial charge is 0.403 e. The maximum Gasteiger partial charge on any atom is 0.573 e. The first-order valence-corrected chi connectivity index (χ1v) is 10.4. The molecule has 5 nitrogen and oxygen atoms in total. The fourth-order valence-electron chi connectivity index (χ4n) is 3.63. The zero-order valence-electron chi connectivity index (χ0n) is 17.6. The standard InChI is InChI=1S/C26H17F3N4O/c27-26(28,29)34-23-11-5-4-10-22(23)33-17-31-25(32-33)20-14-12-19(13-15-20)24-21(9-6-16-30-24)18-7-2-1-3-8-18/h1-17H. The molecule has 0 spiro atoms. The van der Waals surface area contributed by atoms with Crippen molar-refractivity contribution in [2.24, 2.45) is 0 Å². The maximum absolute atomic E-state index is 12.7. The van der Waals surface area contributed by atoms with Gasteiger partial charge in [0.1, 0.15) is 12.0 Å². The van der Waals surface area contributed by atoms with E-state index in [0.717, 1.165) is 22.4 Å². The number of nitrogens with zero attached hydrogens (tertiary/aromatic N) is 4. The lowest BCUT2D eigenvalue weighted by atomic mass is 9.99. The van der Waals surface area contributed by atoms with Crippen LogP contribution in [0.2, 0.25) is 0 Å². The third kappa shape index (κ3) is 4.52. The van der Waals surface area contributed by atoms with E-state index in [2.05, 4.69) is 19.8 Å². The number of ether oxygens (including phenoxy) is 1. The minimum absolute atomic E-state index is 0.135. The fourth-order valence-corrected chi connectivity index (χ4v) is 3.63. The molecule has 8 heteroatoms. The highest BCUT2D eigenvalue weighted by atomic mass is 19.4. The van der Waals surface area contributed by atoms with Gasteiger partial charge in [0.25, 0.3) is 0 Å². The monoisotopic (exact) mass is 458 g/mol. The number of para-hydroxylation sites is 2. The third-order valence-corrected chi connectivity index (χ3v) is 5.14. The van der Waals surface area contributed by atoms with Crippen molar-refractivity contribution in [1.29, 1.82) is 0 Å². The Hall–Kier alpha value is -4.46. The average Bonchev–Trinajstić information content (AvgIpc) is 3.34. The summed E-state index contributed by atoms with van der Waals surface area (Å²) in [4.78, 5) is 8.84. The van der Waals surface area contributed by atoms with E-state index in [1.54, 1.807) is 12.3 Å². The Morgan fingerprint density at radius 1 is 0.676 bits per heavy atom. The molecule has 0 amide bonds. The molecule has 34 heavy (non-hydrogen) atoms. The Bertz CT molecular complexity index is 1410. The van der Waals surface area contributed by atoms with Crippen LogP contribution in [0.4, 0.5) is 13.2 Å². The van der Waals surface area contributed by atoms with Crippen molar-refractivity contribution in [3.05, 3.63) is 104 Å². The van der Waals surface area contributed by atoms with Crippen molar-refractivity contribution in [3.8, 4) is 45.2 Å². The molecule has 0 aliphatic carbocycles. The quantitative estimate of drug-likeness (QED) is 0.299. The van der Waals surface area contributed by atoms with Crippen LogP contribution in [0, 0.1) is 0 Å². The van der Waals surface area contributed by atoms with Gasteiger partial charge < -0.3 is 4.74 Å². The van der Waals surface area contributed by atoms with Crippen LogP contribution in [0.3, 0.4) is 0 Å². The number of halogens is 3. The SMILES string of the molecule is FC(F)(F)Oc1ccccc1-n1cnc(-c2ccc(-c3ncccc3-c3ccccc3)cc2)n1. The number of hydrogen-bond donors (Lipinski definition) is 0. The molecular formula is C26H17F3N4O. The van der Waals surface area contributed by atoms with E-state index in [1.807, 2.05) is 66.7 Å². The van der Waals surface area contributed by atoms with Gasteiger partial charge in [-0.05, 0) is 23.8 Å². The number of rotatable bonds is 5. The number of aromatic nitrogens is 4. The molecule has 2 heterocycles. The number of hydrogen-bond acceptors (Lipinski definition) is 4. The fraction of sp³-hybridized carbons (Fsp3) is 0.0385. The first kappa shape index (κ1) is 21.4. The second-order valence-corrected chi connectivity index (χ2v) is 7.37. The first-order chi connectivity index (χ1) is 16.5. The van der Waals surface area contributed by atoms with E-state index in [-0.39, 0.29) is 11.4 Å². The van der Waals surface area contributed by atoms with Crippen molar-refractivity contribution < 1.29 is 17.9 Å². The van der Waals surface area contributed by atoms with Gasteiger partial charge in [0.15, 0.2) is 11.6 Å². The summed E-state index contributed by atoms with van der Waals surface area (Å²) < 4.78 is 43.6. The van der Waals surface area contributed by atoms with Crippen molar-refractivity contribution in [1.82, 2.24) is 19.7 Å². The lowest BCUT2D eigenvalue weighted by molar-refractivity contribution is -0.274. The average molecular weight is 458 g/mol. The molecule has 0 atom stereocenters. The predicted octanol–water partition coefficient (Wildman–Crippen LogP) is 6.56. The van der Waals surface area contributed by atoms with E-state index in [9.17, 15) is 13.2 Å². The molecule has 168 valence electrons. The zero-order chi connectivity index (χ0) is 23.5. The van der Waals surface area contributed by atoms with Crippen LogP contribution in [0.25, 0.3) is 39.5 Å². The lowest BCUT2D eigenvalue weighted by Gasteiger charge is -2.12. The highest BCUT2D eigenvalue weighted by Crippen LogP contribution is 2.32. The van der Waals surface area contributed by atoms with Gasteiger partial charge in [0, 0.05) is 22.9 Å². The molecule has 0 aliphatic heterocycles. The van der Waals surface area contributed by atoms with Crippen LogP contribution in [-0.2, 0) is 0 Å². The van der Waals surface area contributed by atoms with Gasteiger partial charge in [0.2, 0.25) is 0 Å². The van der Waals surface area contributed by atoms with E-state index >= 15 is 0 Å². The van der Waals surface area contributed by atoms with E-state index in [4.69, 9.17) is 0 Å². The summed E-state index contributed by atoms with van der Waals surface area (Å²) in [6, 6.07) is 27.3. The molecular weight excluding hydrogens is 441 g/mol. The molecule has 0 fully saturated rings. The molecule has 3 aromatic carbocycles. The van der Waals surface area contributed by atoms with Crippen LogP contribution in [0.1, 0.15) is 0 Å². The van der Waals surface area contributed by atoms with E-state index in [0.29, 0.717) is 11.4 Å². The largest absolute Gasteiger partial charge is 0.573 e. The van der Waals surface area contributed by atoms with Crippen LogP contribution < -0.4 is 4.74 Å². The minimum Gasteiger partial charge on any atom is -0.403 e. The van der Waals surface area contributed by atoms with Crippen molar-refractivity contribution in [2.45, 2.75) is 6.36 Å². The van der Waals surface area contributed by atoms with E-state index < -0.39 is 6.36 Å². The van der Waals surface area contributed by atoms with Gasteiger partial charge >= 0.3 is 6.36 Å². The Kier molecular flexibility index (Phi) is 5.55. The van der Waals surface area contributed by atoms with Crippen LogP contribution >= 0.6 is 0 Å². The zero-order valence-corrected chi connectivity index (χ0v) is 17.6. The summed E-state index contributed by atoms with van der Waals surface area (Å²) in [5.74, 6) is 0.0167. The van der Waals surface area contributed by atoms with Crippen LogP contribution in [0.15, 0.2) is 104 Å². The predicted molar refractivity (Wildman–Crippen MR) is 122 cm³/mol. The molecule has 0 saturated heterocycles. The van der Waals surface area contributed by atoms with Gasteiger partial charge in [-0.15, -0.1) is 18.3 Å². The Morgan fingerprint density at radius 2 is 1.38 bits per heavy atom. The summed E-state index contributed by atoms with van der Waals surface area (Å²) >= 11 is 0. The molecule has 0 aliphatic rings. The molecule has 5 aromatic rings.